The van der Waals surface area contributed by atoms with Crippen LogP contribution in [-0.2, 0) is 9.59 Å². The van der Waals surface area contributed by atoms with Crippen LogP contribution in [0, 0.1) is 11.8 Å². The van der Waals surface area contributed by atoms with Gasteiger partial charge in [0, 0.05) is 37.5 Å². The van der Waals surface area contributed by atoms with Gasteiger partial charge in [-0.3, -0.25) is 19.3 Å². The van der Waals surface area contributed by atoms with Gasteiger partial charge in [0.2, 0.25) is 11.8 Å². The fourth-order valence-electron chi connectivity index (χ4n) is 4.22. The first-order chi connectivity index (χ1) is 13.5. The molecule has 3 heterocycles. The van der Waals surface area contributed by atoms with E-state index in [1.165, 1.54) is 11.0 Å². The van der Waals surface area contributed by atoms with Crippen LogP contribution in [0.25, 0.3) is 22.3 Å². The maximum Gasteiger partial charge on any atom is 0.234 e. The van der Waals surface area contributed by atoms with Crippen molar-refractivity contribution in [2.45, 2.75) is 0 Å². The van der Waals surface area contributed by atoms with Crippen LogP contribution in [-0.4, -0.2) is 36.9 Å². The third kappa shape index (κ3) is 2.45. The Balaban J connectivity index is 1.49. The van der Waals surface area contributed by atoms with Gasteiger partial charge in [0.15, 0.2) is 5.43 Å². The molecule has 2 aliphatic rings. The SMILES string of the molecule is CN1C(=O)[C@H]2CN(c3cccc(-c4cc(=O)c5ccccc5o4)c3)C[C@H]2C1=O. The molecular formula is C22H18N2O4. The number of hydrogen-bond acceptors (Lipinski definition) is 5. The van der Waals surface area contributed by atoms with Crippen LogP contribution in [0.5, 0.6) is 0 Å². The maximum atomic E-state index is 12.4. The summed E-state index contributed by atoms with van der Waals surface area (Å²) in [5.41, 5.74) is 2.15. The van der Waals surface area contributed by atoms with Gasteiger partial charge >= 0.3 is 0 Å². The number of fused-ring (bicyclic) bond motifs is 2. The van der Waals surface area contributed by atoms with Gasteiger partial charge in [-0.05, 0) is 24.3 Å². The average Bonchev–Trinajstić information content (AvgIpc) is 3.24. The molecule has 0 N–H and O–H groups in total. The molecule has 2 aliphatic heterocycles. The van der Waals surface area contributed by atoms with Crippen LogP contribution >= 0.6 is 0 Å². The van der Waals surface area contributed by atoms with Crippen molar-refractivity contribution in [3.05, 3.63) is 64.8 Å². The molecule has 6 nitrogen and oxygen atoms in total. The van der Waals surface area contributed by atoms with Crippen LogP contribution in [0.15, 0.2) is 63.8 Å². The van der Waals surface area contributed by atoms with Gasteiger partial charge in [0.25, 0.3) is 0 Å². The lowest BCUT2D eigenvalue weighted by atomic mass is 10.00. The minimum Gasteiger partial charge on any atom is -0.456 e. The lowest BCUT2D eigenvalue weighted by molar-refractivity contribution is -0.138. The van der Waals surface area contributed by atoms with Crippen LogP contribution in [0.1, 0.15) is 0 Å². The second-order valence-electron chi connectivity index (χ2n) is 7.37. The molecule has 2 amide bonds. The topological polar surface area (TPSA) is 70.8 Å². The molecule has 2 fully saturated rings. The van der Waals surface area contributed by atoms with Gasteiger partial charge in [-0.2, -0.15) is 0 Å². The molecule has 140 valence electrons. The summed E-state index contributed by atoms with van der Waals surface area (Å²) in [7, 11) is 1.55. The first-order valence-corrected chi connectivity index (χ1v) is 9.22. The number of rotatable bonds is 2. The average molecular weight is 374 g/mol. The molecule has 28 heavy (non-hydrogen) atoms. The molecule has 0 unspecified atom stereocenters. The number of amides is 2. The molecule has 0 radical (unpaired) electrons. The van der Waals surface area contributed by atoms with Crippen molar-refractivity contribution < 1.29 is 14.0 Å². The fraction of sp³-hybridized carbons (Fsp3) is 0.227. The van der Waals surface area contributed by atoms with E-state index in [0.717, 1.165) is 11.3 Å². The van der Waals surface area contributed by atoms with Crippen molar-refractivity contribution in [2.24, 2.45) is 11.8 Å². The number of hydrogen-bond donors (Lipinski definition) is 0. The second kappa shape index (κ2) is 6.05. The zero-order chi connectivity index (χ0) is 19.4. The van der Waals surface area contributed by atoms with Crippen molar-refractivity contribution in [3.8, 4) is 11.3 Å². The summed E-state index contributed by atoms with van der Waals surface area (Å²) in [4.78, 5) is 40.2. The van der Waals surface area contributed by atoms with Crippen LogP contribution in [0.3, 0.4) is 0 Å². The zero-order valence-electron chi connectivity index (χ0n) is 15.3. The molecule has 1 aromatic heterocycles. The molecule has 0 saturated carbocycles. The largest absolute Gasteiger partial charge is 0.456 e. The van der Waals surface area contributed by atoms with Crippen LogP contribution < -0.4 is 10.3 Å². The van der Waals surface area contributed by atoms with E-state index in [9.17, 15) is 14.4 Å². The molecule has 2 saturated heterocycles. The van der Waals surface area contributed by atoms with E-state index >= 15 is 0 Å². The molecule has 0 spiro atoms. The summed E-state index contributed by atoms with van der Waals surface area (Å²) < 4.78 is 5.94. The first-order valence-electron chi connectivity index (χ1n) is 9.22. The highest BCUT2D eigenvalue weighted by molar-refractivity contribution is 6.06. The van der Waals surface area contributed by atoms with Gasteiger partial charge in [-0.15, -0.1) is 0 Å². The Morgan fingerprint density at radius 1 is 0.893 bits per heavy atom. The van der Waals surface area contributed by atoms with Gasteiger partial charge in [0.1, 0.15) is 11.3 Å². The number of likely N-dealkylation sites (tertiary alicyclic amines) is 1. The van der Waals surface area contributed by atoms with Crippen molar-refractivity contribution in [1.29, 1.82) is 0 Å². The minimum atomic E-state index is -0.278. The molecule has 6 heteroatoms. The molecule has 2 atom stereocenters. The van der Waals surface area contributed by atoms with E-state index < -0.39 is 0 Å². The number of anilines is 1. The van der Waals surface area contributed by atoms with Gasteiger partial charge in [-0.25, -0.2) is 0 Å². The smallest absolute Gasteiger partial charge is 0.234 e. The van der Waals surface area contributed by atoms with Gasteiger partial charge < -0.3 is 9.32 Å². The summed E-state index contributed by atoms with van der Waals surface area (Å²) in [5, 5.41) is 0.552. The molecule has 5 rings (SSSR count). The molecule has 0 bridgehead atoms. The van der Waals surface area contributed by atoms with Crippen molar-refractivity contribution in [1.82, 2.24) is 4.90 Å². The van der Waals surface area contributed by atoms with Crippen molar-refractivity contribution in [2.75, 3.05) is 25.0 Å². The normalized spacial score (nSPS) is 21.6. The number of para-hydroxylation sites is 1. The monoisotopic (exact) mass is 374 g/mol. The maximum absolute atomic E-state index is 12.4. The van der Waals surface area contributed by atoms with Crippen molar-refractivity contribution in [3.63, 3.8) is 0 Å². The Morgan fingerprint density at radius 2 is 1.61 bits per heavy atom. The molecule has 0 aliphatic carbocycles. The predicted octanol–water partition coefficient (Wildman–Crippen LogP) is 2.51. The first kappa shape index (κ1) is 16.7. The Kier molecular flexibility index (Phi) is 3.62. The Hall–Kier alpha value is -3.41. The van der Waals surface area contributed by atoms with Gasteiger partial charge in [-0.1, -0.05) is 24.3 Å². The standard InChI is InChI=1S/C22H18N2O4/c1-23-21(26)16-11-24(12-17(16)22(23)27)14-6-4-5-13(9-14)20-10-18(25)15-7-2-3-8-19(15)28-20/h2-10,16-17H,11-12H2,1H3/t16-,17+. The number of carbonyl (C=O) groups is 2. The lowest BCUT2D eigenvalue weighted by Gasteiger charge is -2.21. The fourth-order valence-corrected chi connectivity index (χ4v) is 4.22. The predicted molar refractivity (Wildman–Crippen MR) is 105 cm³/mol. The third-order valence-corrected chi connectivity index (χ3v) is 5.75. The highest BCUT2D eigenvalue weighted by Gasteiger charge is 2.51. The lowest BCUT2D eigenvalue weighted by Crippen LogP contribution is -2.33. The molecule has 3 aromatic rings. The number of carbonyl (C=O) groups excluding carboxylic acids is 2. The summed E-state index contributed by atoms with van der Waals surface area (Å²) in [5.74, 6) is -0.264. The Bertz CT molecular complexity index is 1160. The van der Waals surface area contributed by atoms with E-state index in [1.54, 1.807) is 19.2 Å². The second-order valence-corrected chi connectivity index (χ2v) is 7.37. The summed E-state index contributed by atoms with van der Waals surface area (Å²) in [6.45, 7) is 1.04. The van der Waals surface area contributed by atoms with E-state index in [4.69, 9.17) is 4.42 Å². The summed E-state index contributed by atoms with van der Waals surface area (Å²) >= 11 is 0. The van der Waals surface area contributed by atoms with E-state index in [0.29, 0.717) is 29.8 Å². The third-order valence-electron chi connectivity index (χ3n) is 5.75. The Labute approximate surface area is 161 Å². The minimum absolute atomic E-state index is 0.0859. The van der Waals surface area contributed by atoms with Crippen molar-refractivity contribution >= 4 is 28.5 Å². The zero-order valence-corrected chi connectivity index (χ0v) is 15.3. The van der Waals surface area contributed by atoms with E-state index in [-0.39, 0.29) is 29.1 Å². The summed E-state index contributed by atoms with van der Waals surface area (Å²) in [6, 6.07) is 16.3. The van der Waals surface area contributed by atoms with E-state index in [1.807, 2.05) is 36.4 Å². The van der Waals surface area contributed by atoms with Crippen LogP contribution in [0.2, 0.25) is 0 Å². The number of benzene rings is 2. The van der Waals surface area contributed by atoms with Gasteiger partial charge in [0.05, 0.1) is 17.2 Å². The number of nitrogens with zero attached hydrogens (tertiary/aromatic N) is 2. The molecule has 2 aromatic carbocycles. The highest BCUT2D eigenvalue weighted by Crippen LogP contribution is 2.36. The van der Waals surface area contributed by atoms with E-state index in [2.05, 4.69) is 4.90 Å². The van der Waals surface area contributed by atoms with Crippen LogP contribution in [0.4, 0.5) is 5.69 Å². The molecular weight excluding hydrogens is 356 g/mol. The summed E-state index contributed by atoms with van der Waals surface area (Å²) in [6.07, 6.45) is 0. The quantitative estimate of drug-likeness (QED) is 0.645. The number of imide groups is 1. The highest BCUT2D eigenvalue weighted by atomic mass is 16.3. The Morgan fingerprint density at radius 3 is 2.36 bits per heavy atom.